The first-order chi connectivity index (χ1) is 12.5. The van der Waals surface area contributed by atoms with Gasteiger partial charge in [-0.25, -0.2) is 15.0 Å². The van der Waals surface area contributed by atoms with Gasteiger partial charge in [0.15, 0.2) is 0 Å². The number of nitrogens with zero attached hydrogens (tertiary/aromatic N) is 5. The molecule has 0 bridgehead atoms. The molecule has 136 valence electrons. The fourth-order valence-corrected chi connectivity index (χ4v) is 4.04. The third-order valence-corrected chi connectivity index (χ3v) is 5.43. The molecule has 2 aliphatic heterocycles. The number of aromatic nitrogens is 3. The van der Waals surface area contributed by atoms with Gasteiger partial charge in [-0.3, -0.25) is 9.69 Å². The normalized spacial score (nSPS) is 23.1. The van der Waals surface area contributed by atoms with Crippen LogP contribution < -0.4 is 5.73 Å². The average Bonchev–Trinajstić information content (AvgIpc) is 3.04. The third-order valence-electron chi connectivity index (χ3n) is 5.43. The van der Waals surface area contributed by atoms with E-state index in [2.05, 4.69) is 26.8 Å². The molecular formula is C19H24N6O. The van der Waals surface area contributed by atoms with Crippen molar-refractivity contribution < 1.29 is 4.79 Å². The predicted octanol–water partition coefficient (Wildman–Crippen LogP) is 1.77. The van der Waals surface area contributed by atoms with Crippen molar-refractivity contribution in [3.63, 3.8) is 0 Å². The van der Waals surface area contributed by atoms with Gasteiger partial charge < -0.3 is 10.6 Å². The molecule has 2 aliphatic rings. The minimum atomic E-state index is 0.0306. The zero-order valence-corrected chi connectivity index (χ0v) is 15.2. The summed E-state index contributed by atoms with van der Waals surface area (Å²) < 4.78 is 0. The maximum absolute atomic E-state index is 12.8. The van der Waals surface area contributed by atoms with Gasteiger partial charge in [-0.1, -0.05) is 6.07 Å². The Labute approximate surface area is 153 Å². The van der Waals surface area contributed by atoms with Crippen LogP contribution in [0.4, 0.5) is 5.95 Å². The van der Waals surface area contributed by atoms with E-state index < -0.39 is 0 Å². The van der Waals surface area contributed by atoms with Gasteiger partial charge >= 0.3 is 0 Å². The Morgan fingerprint density at radius 2 is 2.12 bits per heavy atom. The Kier molecular flexibility index (Phi) is 4.32. The van der Waals surface area contributed by atoms with E-state index in [1.807, 2.05) is 30.2 Å². The summed E-state index contributed by atoms with van der Waals surface area (Å²) in [7, 11) is 0. The van der Waals surface area contributed by atoms with E-state index in [1.54, 1.807) is 6.07 Å². The van der Waals surface area contributed by atoms with E-state index in [0.717, 1.165) is 49.4 Å². The van der Waals surface area contributed by atoms with Crippen LogP contribution in [-0.2, 0) is 13.1 Å². The Hall–Kier alpha value is -2.54. The highest BCUT2D eigenvalue weighted by Crippen LogP contribution is 2.30. The summed E-state index contributed by atoms with van der Waals surface area (Å²) in [5, 5.41) is 0. The summed E-state index contributed by atoms with van der Waals surface area (Å²) in [6, 6.07) is 6.22. The zero-order valence-electron chi connectivity index (χ0n) is 15.2. The smallest absolute Gasteiger partial charge is 0.272 e. The molecule has 2 aromatic heterocycles. The van der Waals surface area contributed by atoms with Crippen molar-refractivity contribution in [2.75, 3.05) is 12.3 Å². The van der Waals surface area contributed by atoms with E-state index in [-0.39, 0.29) is 11.9 Å². The molecular weight excluding hydrogens is 328 g/mol. The molecule has 0 unspecified atom stereocenters. The maximum Gasteiger partial charge on any atom is 0.272 e. The number of carbonyl (C=O) groups is 1. The summed E-state index contributed by atoms with van der Waals surface area (Å²) in [5.74, 6) is 0.369. The lowest BCUT2D eigenvalue weighted by atomic mass is 9.96. The fourth-order valence-electron chi connectivity index (χ4n) is 4.04. The topological polar surface area (TPSA) is 88.2 Å². The number of carbonyl (C=O) groups excluding carboxylic acids is 1. The number of piperidine rings is 1. The number of rotatable bonds is 2. The fraction of sp³-hybridized carbons (Fsp3) is 0.474. The SMILES string of the molecule is Cc1cccc(C(=O)N2CC[C@@H](N3Cc4cnc(N)nc4C3)C[C@H]2C)n1. The lowest BCUT2D eigenvalue weighted by Crippen LogP contribution is -2.50. The van der Waals surface area contributed by atoms with Crippen LogP contribution in [0.25, 0.3) is 0 Å². The van der Waals surface area contributed by atoms with E-state index in [0.29, 0.717) is 17.7 Å². The minimum Gasteiger partial charge on any atom is -0.368 e. The molecule has 2 atom stereocenters. The molecule has 0 radical (unpaired) electrons. The van der Waals surface area contributed by atoms with E-state index >= 15 is 0 Å². The second-order valence-corrected chi connectivity index (χ2v) is 7.30. The van der Waals surface area contributed by atoms with Crippen molar-refractivity contribution in [1.29, 1.82) is 0 Å². The summed E-state index contributed by atoms with van der Waals surface area (Å²) in [5.41, 5.74) is 9.31. The van der Waals surface area contributed by atoms with Gasteiger partial charge in [0.1, 0.15) is 5.69 Å². The average molecular weight is 352 g/mol. The van der Waals surface area contributed by atoms with Crippen molar-refractivity contribution in [3.05, 3.63) is 47.0 Å². The van der Waals surface area contributed by atoms with Crippen LogP contribution in [0, 0.1) is 6.92 Å². The number of nitrogen functional groups attached to an aromatic ring is 1. The van der Waals surface area contributed by atoms with Gasteiger partial charge in [0.2, 0.25) is 5.95 Å². The van der Waals surface area contributed by atoms with Crippen LogP contribution in [0.5, 0.6) is 0 Å². The molecule has 1 fully saturated rings. The monoisotopic (exact) mass is 352 g/mol. The standard InChI is InChI=1S/C19H24N6O/c1-12-4-3-5-16(22-12)18(26)25-7-6-15(8-13(25)2)24-10-14-9-21-19(20)23-17(14)11-24/h3-5,9,13,15H,6-8,10-11H2,1-2H3,(H2,20,21,23)/t13-,15-/m1/s1. The quantitative estimate of drug-likeness (QED) is 0.886. The first-order valence-corrected chi connectivity index (χ1v) is 9.10. The van der Waals surface area contributed by atoms with Gasteiger partial charge in [0, 0.05) is 49.2 Å². The van der Waals surface area contributed by atoms with Gasteiger partial charge in [-0.15, -0.1) is 0 Å². The highest BCUT2D eigenvalue weighted by atomic mass is 16.2. The molecule has 0 saturated carbocycles. The molecule has 0 aliphatic carbocycles. The van der Waals surface area contributed by atoms with Crippen LogP contribution in [0.2, 0.25) is 0 Å². The Morgan fingerprint density at radius 1 is 1.27 bits per heavy atom. The van der Waals surface area contributed by atoms with Crippen LogP contribution in [0.15, 0.2) is 24.4 Å². The largest absolute Gasteiger partial charge is 0.368 e. The number of nitrogens with two attached hydrogens (primary N) is 1. The van der Waals surface area contributed by atoms with Crippen LogP contribution in [-0.4, -0.2) is 49.3 Å². The van der Waals surface area contributed by atoms with Gasteiger partial charge in [-0.05, 0) is 38.8 Å². The van der Waals surface area contributed by atoms with Crippen molar-refractivity contribution in [2.45, 2.75) is 51.9 Å². The van der Waals surface area contributed by atoms with Gasteiger partial charge in [0.25, 0.3) is 5.91 Å². The van der Waals surface area contributed by atoms with Crippen LogP contribution >= 0.6 is 0 Å². The van der Waals surface area contributed by atoms with Gasteiger partial charge in [-0.2, -0.15) is 0 Å². The molecule has 7 nitrogen and oxygen atoms in total. The molecule has 26 heavy (non-hydrogen) atoms. The molecule has 7 heteroatoms. The number of anilines is 1. The Bertz CT molecular complexity index is 839. The first kappa shape index (κ1) is 16.9. The second kappa shape index (κ2) is 6.64. The van der Waals surface area contributed by atoms with Crippen molar-refractivity contribution >= 4 is 11.9 Å². The summed E-state index contributed by atoms with van der Waals surface area (Å²) in [4.78, 5) is 30.1. The minimum absolute atomic E-state index is 0.0306. The number of aryl methyl sites for hydroxylation is 1. The summed E-state index contributed by atoms with van der Waals surface area (Å²) >= 11 is 0. The van der Waals surface area contributed by atoms with E-state index in [1.165, 1.54) is 0 Å². The van der Waals surface area contributed by atoms with Crippen molar-refractivity contribution in [1.82, 2.24) is 24.8 Å². The number of fused-ring (bicyclic) bond motifs is 1. The number of pyridine rings is 1. The molecule has 2 N–H and O–H groups in total. The highest BCUT2D eigenvalue weighted by Gasteiger charge is 2.35. The highest BCUT2D eigenvalue weighted by molar-refractivity contribution is 5.92. The lowest BCUT2D eigenvalue weighted by Gasteiger charge is -2.41. The molecule has 4 rings (SSSR count). The Balaban J connectivity index is 1.42. The van der Waals surface area contributed by atoms with Crippen molar-refractivity contribution in [2.24, 2.45) is 0 Å². The van der Waals surface area contributed by atoms with E-state index in [9.17, 15) is 4.79 Å². The predicted molar refractivity (Wildman–Crippen MR) is 98.2 cm³/mol. The zero-order chi connectivity index (χ0) is 18.3. The molecule has 1 saturated heterocycles. The van der Waals surface area contributed by atoms with Crippen molar-refractivity contribution in [3.8, 4) is 0 Å². The molecule has 0 spiro atoms. The number of hydrogen-bond acceptors (Lipinski definition) is 6. The molecule has 2 aromatic rings. The summed E-state index contributed by atoms with van der Waals surface area (Å²) in [6.07, 6.45) is 3.75. The number of amides is 1. The van der Waals surface area contributed by atoms with E-state index in [4.69, 9.17) is 5.73 Å². The summed E-state index contributed by atoms with van der Waals surface area (Å²) in [6.45, 7) is 6.46. The number of likely N-dealkylation sites (tertiary alicyclic amines) is 1. The molecule has 1 amide bonds. The molecule has 0 aromatic carbocycles. The maximum atomic E-state index is 12.8. The van der Waals surface area contributed by atoms with Crippen LogP contribution in [0.3, 0.4) is 0 Å². The van der Waals surface area contributed by atoms with Crippen LogP contribution in [0.1, 0.15) is 47.2 Å². The lowest BCUT2D eigenvalue weighted by molar-refractivity contribution is 0.0455. The number of hydrogen-bond donors (Lipinski definition) is 1. The third kappa shape index (κ3) is 3.14. The molecule has 4 heterocycles. The van der Waals surface area contributed by atoms with Gasteiger partial charge in [0.05, 0.1) is 5.69 Å². The second-order valence-electron chi connectivity index (χ2n) is 7.30. The Morgan fingerprint density at radius 3 is 2.88 bits per heavy atom. The first-order valence-electron chi connectivity index (χ1n) is 9.10.